The third-order valence-electron chi connectivity index (χ3n) is 3.20. The standard InChI is InChI=1S/C16H21NO2/c1-5-19-13-6-7-14-12(10-13)8-9-17(14)11-15(18)16(2,3)4/h6-10H,5,11H2,1-4H3. The normalized spacial score (nSPS) is 11.8. The molecule has 0 spiro atoms. The molecule has 0 atom stereocenters. The Morgan fingerprint density at radius 2 is 2.00 bits per heavy atom. The maximum atomic E-state index is 12.1. The van der Waals surface area contributed by atoms with Crippen LogP contribution in [0.2, 0.25) is 0 Å². The molecule has 0 saturated heterocycles. The minimum absolute atomic E-state index is 0.235. The molecule has 1 heterocycles. The van der Waals surface area contributed by atoms with Crippen LogP contribution in [-0.2, 0) is 11.3 Å². The minimum Gasteiger partial charge on any atom is -0.494 e. The summed E-state index contributed by atoms with van der Waals surface area (Å²) >= 11 is 0. The molecule has 0 amide bonds. The zero-order chi connectivity index (χ0) is 14.0. The Morgan fingerprint density at radius 1 is 1.26 bits per heavy atom. The van der Waals surface area contributed by atoms with Gasteiger partial charge in [0.15, 0.2) is 5.78 Å². The molecule has 0 aliphatic rings. The van der Waals surface area contributed by atoms with Gasteiger partial charge in [0.25, 0.3) is 0 Å². The third kappa shape index (κ3) is 2.98. The number of aromatic nitrogens is 1. The summed E-state index contributed by atoms with van der Waals surface area (Å²) in [6.45, 7) is 8.91. The van der Waals surface area contributed by atoms with Crippen LogP contribution < -0.4 is 4.74 Å². The molecular weight excluding hydrogens is 238 g/mol. The second-order valence-electron chi connectivity index (χ2n) is 5.77. The lowest BCUT2D eigenvalue weighted by molar-refractivity contribution is -0.126. The highest BCUT2D eigenvalue weighted by molar-refractivity contribution is 5.87. The lowest BCUT2D eigenvalue weighted by atomic mass is 9.91. The van der Waals surface area contributed by atoms with Gasteiger partial charge < -0.3 is 9.30 Å². The van der Waals surface area contributed by atoms with Crippen molar-refractivity contribution in [2.45, 2.75) is 34.2 Å². The van der Waals surface area contributed by atoms with E-state index in [4.69, 9.17) is 4.74 Å². The highest BCUT2D eigenvalue weighted by Gasteiger charge is 2.21. The van der Waals surface area contributed by atoms with E-state index in [1.54, 1.807) is 0 Å². The summed E-state index contributed by atoms with van der Waals surface area (Å²) < 4.78 is 7.48. The van der Waals surface area contributed by atoms with Gasteiger partial charge in [0.1, 0.15) is 5.75 Å². The Morgan fingerprint density at radius 3 is 2.63 bits per heavy atom. The molecule has 102 valence electrons. The lowest BCUT2D eigenvalue weighted by Crippen LogP contribution is -2.24. The molecule has 2 rings (SSSR count). The second kappa shape index (κ2) is 5.08. The Kier molecular flexibility index (Phi) is 3.65. The third-order valence-corrected chi connectivity index (χ3v) is 3.20. The van der Waals surface area contributed by atoms with Crippen molar-refractivity contribution in [3.8, 4) is 5.75 Å². The number of nitrogens with zero attached hydrogens (tertiary/aromatic N) is 1. The average molecular weight is 259 g/mol. The fourth-order valence-electron chi connectivity index (χ4n) is 1.96. The van der Waals surface area contributed by atoms with Crippen LogP contribution in [-0.4, -0.2) is 17.0 Å². The van der Waals surface area contributed by atoms with E-state index in [0.717, 1.165) is 16.7 Å². The first-order valence-electron chi connectivity index (χ1n) is 6.67. The number of fused-ring (bicyclic) bond motifs is 1. The maximum Gasteiger partial charge on any atom is 0.157 e. The fraction of sp³-hybridized carbons (Fsp3) is 0.438. The van der Waals surface area contributed by atoms with Crippen molar-refractivity contribution in [2.75, 3.05) is 6.61 Å². The largest absolute Gasteiger partial charge is 0.494 e. The number of carbonyl (C=O) groups is 1. The number of hydrogen-bond acceptors (Lipinski definition) is 2. The van der Waals surface area contributed by atoms with Gasteiger partial charge in [-0.15, -0.1) is 0 Å². The summed E-state index contributed by atoms with van der Waals surface area (Å²) in [5, 5.41) is 1.10. The van der Waals surface area contributed by atoms with Crippen LogP contribution in [0, 0.1) is 5.41 Å². The Balaban J connectivity index is 2.28. The van der Waals surface area contributed by atoms with Crippen molar-refractivity contribution in [2.24, 2.45) is 5.41 Å². The van der Waals surface area contributed by atoms with E-state index in [1.807, 2.05) is 62.7 Å². The molecule has 2 aromatic rings. The van der Waals surface area contributed by atoms with Gasteiger partial charge in [-0.1, -0.05) is 20.8 Å². The summed E-state index contributed by atoms with van der Waals surface area (Å²) in [5.74, 6) is 1.11. The number of rotatable bonds is 4. The summed E-state index contributed by atoms with van der Waals surface area (Å²) in [5.41, 5.74) is 0.767. The van der Waals surface area contributed by atoms with Gasteiger partial charge in [-0.2, -0.15) is 0 Å². The first-order valence-corrected chi connectivity index (χ1v) is 6.67. The van der Waals surface area contributed by atoms with Crippen LogP contribution >= 0.6 is 0 Å². The topological polar surface area (TPSA) is 31.2 Å². The zero-order valence-corrected chi connectivity index (χ0v) is 12.1. The molecule has 0 N–H and O–H groups in total. The lowest BCUT2D eigenvalue weighted by Gasteiger charge is -2.17. The van der Waals surface area contributed by atoms with Gasteiger partial charge >= 0.3 is 0 Å². The molecule has 0 bridgehead atoms. The van der Waals surface area contributed by atoms with Crippen LogP contribution in [0.5, 0.6) is 5.75 Å². The minimum atomic E-state index is -0.304. The quantitative estimate of drug-likeness (QED) is 0.839. The summed E-state index contributed by atoms with van der Waals surface area (Å²) in [6.07, 6.45) is 1.96. The van der Waals surface area contributed by atoms with Gasteiger partial charge in [-0.05, 0) is 31.2 Å². The van der Waals surface area contributed by atoms with Crippen LogP contribution in [0.15, 0.2) is 30.5 Å². The van der Waals surface area contributed by atoms with Gasteiger partial charge in [0.05, 0.1) is 13.2 Å². The molecule has 0 saturated carbocycles. The first-order chi connectivity index (χ1) is 8.91. The van der Waals surface area contributed by atoms with E-state index in [1.165, 1.54) is 0 Å². The maximum absolute atomic E-state index is 12.1. The van der Waals surface area contributed by atoms with Crippen molar-refractivity contribution in [3.63, 3.8) is 0 Å². The molecule has 0 unspecified atom stereocenters. The predicted octanol–water partition coefficient (Wildman–Crippen LogP) is 3.66. The molecule has 1 aromatic carbocycles. The molecule has 0 aliphatic heterocycles. The highest BCUT2D eigenvalue weighted by atomic mass is 16.5. The Bertz CT molecular complexity index is 590. The summed E-state index contributed by atoms with van der Waals surface area (Å²) in [7, 11) is 0. The van der Waals surface area contributed by atoms with Crippen LogP contribution in [0.3, 0.4) is 0 Å². The van der Waals surface area contributed by atoms with Crippen molar-refractivity contribution >= 4 is 16.7 Å². The molecule has 1 aromatic heterocycles. The molecule has 3 nitrogen and oxygen atoms in total. The van der Waals surface area contributed by atoms with Gasteiger partial charge in [-0.3, -0.25) is 4.79 Å². The summed E-state index contributed by atoms with van der Waals surface area (Å²) in [4.78, 5) is 12.1. The summed E-state index contributed by atoms with van der Waals surface area (Å²) in [6, 6.07) is 7.99. The Hall–Kier alpha value is -1.77. The molecule has 0 fully saturated rings. The number of ketones is 1. The molecule has 0 radical (unpaired) electrons. The number of hydrogen-bond donors (Lipinski definition) is 0. The monoisotopic (exact) mass is 259 g/mol. The number of ether oxygens (including phenoxy) is 1. The van der Waals surface area contributed by atoms with Crippen LogP contribution in [0.1, 0.15) is 27.7 Å². The SMILES string of the molecule is CCOc1ccc2c(ccn2CC(=O)C(C)(C)C)c1. The van der Waals surface area contributed by atoms with Crippen LogP contribution in [0.4, 0.5) is 0 Å². The van der Waals surface area contributed by atoms with E-state index in [-0.39, 0.29) is 11.2 Å². The van der Waals surface area contributed by atoms with Gasteiger partial charge in [-0.25, -0.2) is 0 Å². The molecule has 0 aliphatic carbocycles. The van der Waals surface area contributed by atoms with Crippen molar-refractivity contribution in [3.05, 3.63) is 30.5 Å². The highest BCUT2D eigenvalue weighted by Crippen LogP contribution is 2.23. The molecular formula is C16H21NO2. The average Bonchev–Trinajstić information content (AvgIpc) is 2.71. The van der Waals surface area contributed by atoms with Crippen molar-refractivity contribution in [1.82, 2.24) is 4.57 Å². The fourth-order valence-corrected chi connectivity index (χ4v) is 1.96. The van der Waals surface area contributed by atoms with Gasteiger partial charge in [0, 0.05) is 22.5 Å². The van der Waals surface area contributed by atoms with Crippen molar-refractivity contribution in [1.29, 1.82) is 0 Å². The number of carbonyl (C=O) groups excluding carboxylic acids is 1. The van der Waals surface area contributed by atoms with E-state index in [9.17, 15) is 4.79 Å². The number of benzene rings is 1. The van der Waals surface area contributed by atoms with Crippen molar-refractivity contribution < 1.29 is 9.53 Å². The number of Topliss-reactive ketones (excluding diaryl/α,β-unsaturated/α-hetero) is 1. The van der Waals surface area contributed by atoms with E-state index >= 15 is 0 Å². The molecule has 3 heteroatoms. The predicted molar refractivity (Wildman–Crippen MR) is 77.6 cm³/mol. The first kappa shape index (κ1) is 13.7. The van der Waals surface area contributed by atoms with Gasteiger partial charge in [0.2, 0.25) is 0 Å². The smallest absolute Gasteiger partial charge is 0.157 e. The van der Waals surface area contributed by atoms with E-state index in [2.05, 4.69) is 0 Å². The second-order valence-corrected chi connectivity index (χ2v) is 5.77. The zero-order valence-electron chi connectivity index (χ0n) is 12.1. The van der Waals surface area contributed by atoms with Crippen LogP contribution in [0.25, 0.3) is 10.9 Å². The van der Waals surface area contributed by atoms with E-state index in [0.29, 0.717) is 13.2 Å². The van der Waals surface area contributed by atoms with E-state index < -0.39 is 0 Å². The Labute approximate surface area is 114 Å². The molecule has 19 heavy (non-hydrogen) atoms.